The van der Waals surface area contributed by atoms with Gasteiger partial charge in [0.1, 0.15) is 5.82 Å². The summed E-state index contributed by atoms with van der Waals surface area (Å²) in [6, 6.07) is 10.7. The molecule has 0 saturated heterocycles. The molecule has 1 aliphatic rings. The van der Waals surface area contributed by atoms with E-state index in [4.69, 9.17) is 16.3 Å². The third-order valence-corrected chi connectivity index (χ3v) is 3.52. The van der Waals surface area contributed by atoms with E-state index in [9.17, 15) is 4.39 Å². The minimum Gasteiger partial charge on any atom is -0.376 e. The van der Waals surface area contributed by atoms with Crippen LogP contribution >= 0.6 is 11.6 Å². The van der Waals surface area contributed by atoms with E-state index < -0.39 is 5.82 Å². The van der Waals surface area contributed by atoms with Crippen molar-refractivity contribution in [2.24, 2.45) is 0 Å². The first kappa shape index (κ1) is 12.5. The molecule has 0 aromatic heterocycles. The van der Waals surface area contributed by atoms with Gasteiger partial charge in [-0.3, -0.25) is 0 Å². The second kappa shape index (κ2) is 5.19. The smallest absolute Gasteiger partial charge is 0.141 e. The summed E-state index contributed by atoms with van der Waals surface area (Å²) < 4.78 is 18.6. The number of anilines is 2. The molecule has 19 heavy (non-hydrogen) atoms. The van der Waals surface area contributed by atoms with Crippen molar-refractivity contribution in [2.45, 2.75) is 13.0 Å². The molecule has 0 radical (unpaired) electrons. The lowest BCUT2D eigenvalue weighted by Gasteiger charge is -2.20. The molecule has 0 spiro atoms. The molecule has 1 N–H and O–H groups in total. The third kappa shape index (κ3) is 2.57. The van der Waals surface area contributed by atoms with Crippen LogP contribution in [0.15, 0.2) is 36.4 Å². The van der Waals surface area contributed by atoms with Gasteiger partial charge in [0.15, 0.2) is 0 Å². The van der Waals surface area contributed by atoms with Crippen LogP contribution < -0.4 is 5.32 Å². The van der Waals surface area contributed by atoms with Gasteiger partial charge < -0.3 is 10.1 Å². The van der Waals surface area contributed by atoms with Crippen LogP contribution in [0.1, 0.15) is 11.1 Å². The van der Waals surface area contributed by atoms with Gasteiger partial charge in [-0.05, 0) is 36.2 Å². The predicted molar refractivity (Wildman–Crippen MR) is 74.5 cm³/mol. The Bertz CT molecular complexity index is 615. The van der Waals surface area contributed by atoms with Gasteiger partial charge in [-0.15, -0.1) is 0 Å². The molecule has 0 atom stereocenters. The Balaban J connectivity index is 1.92. The van der Waals surface area contributed by atoms with Gasteiger partial charge in [0.2, 0.25) is 0 Å². The van der Waals surface area contributed by atoms with Crippen molar-refractivity contribution in [1.29, 1.82) is 0 Å². The van der Waals surface area contributed by atoms with E-state index in [1.807, 2.05) is 12.1 Å². The standard InChI is InChI=1S/C15H13ClFNO/c16-13-8-11(4-5-14(13)17)18-15-3-1-2-10-6-7-19-9-12(10)15/h1-5,8,18H,6-7,9H2. The second-order valence-corrected chi connectivity index (χ2v) is 4.91. The largest absolute Gasteiger partial charge is 0.376 e. The third-order valence-electron chi connectivity index (χ3n) is 3.23. The number of hydrogen-bond donors (Lipinski definition) is 1. The molecule has 1 heterocycles. The first-order valence-electron chi connectivity index (χ1n) is 6.14. The Hall–Kier alpha value is -1.58. The van der Waals surface area contributed by atoms with E-state index in [1.54, 1.807) is 12.1 Å². The van der Waals surface area contributed by atoms with Gasteiger partial charge in [0.25, 0.3) is 0 Å². The summed E-state index contributed by atoms with van der Waals surface area (Å²) in [6.45, 7) is 1.37. The molecule has 0 unspecified atom stereocenters. The van der Waals surface area contributed by atoms with E-state index in [0.29, 0.717) is 6.61 Å². The zero-order valence-electron chi connectivity index (χ0n) is 10.2. The molecular formula is C15H13ClFNO. The van der Waals surface area contributed by atoms with Crippen molar-refractivity contribution >= 4 is 23.0 Å². The lowest BCUT2D eigenvalue weighted by Crippen LogP contribution is -2.11. The van der Waals surface area contributed by atoms with E-state index in [-0.39, 0.29) is 5.02 Å². The molecule has 0 amide bonds. The molecule has 1 aliphatic heterocycles. The minimum atomic E-state index is -0.411. The summed E-state index contributed by atoms with van der Waals surface area (Å²) in [5, 5.41) is 3.39. The fourth-order valence-electron chi connectivity index (χ4n) is 2.24. The van der Waals surface area contributed by atoms with Crippen LogP contribution in [0.5, 0.6) is 0 Å². The van der Waals surface area contributed by atoms with Gasteiger partial charge in [0, 0.05) is 16.9 Å². The van der Waals surface area contributed by atoms with Crippen molar-refractivity contribution in [3.8, 4) is 0 Å². The molecule has 0 bridgehead atoms. The van der Waals surface area contributed by atoms with Gasteiger partial charge in [-0.25, -0.2) is 4.39 Å². The maximum Gasteiger partial charge on any atom is 0.141 e. The molecule has 2 nitrogen and oxygen atoms in total. The summed E-state index contributed by atoms with van der Waals surface area (Å²) in [5.41, 5.74) is 4.21. The molecule has 3 rings (SSSR count). The van der Waals surface area contributed by atoms with Crippen LogP contribution in [-0.2, 0) is 17.8 Å². The fraction of sp³-hybridized carbons (Fsp3) is 0.200. The molecule has 2 aromatic carbocycles. The number of nitrogens with one attached hydrogen (secondary N) is 1. The van der Waals surface area contributed by atoms with E-state index in [2.05, 4.69) is 11.4 Å². The average molecular weight is 278 g/mol. The summed E-state index contributed by atoms with van der Waals surface area (Å²) in [6.07, 6.45) is 0.926. The van der Waals surface area contributed by atoms with E-state index in [1.165, 1.54) is 11.6 Å². The number of rotatable bonds is 2. The zero-order valence-corrected chi connectivity index (χ0v) is 11.0. The fourth-order valence-corrected chi connectivity index (χ4v) is 2.42. The number of halogens is 2. The number of hydrogen-bond acceptors (Lipinski definition) is 2. The monoisotopic (exact) mass is 277 g/mol. The Kier molecular flexibility index (Phi) is 3.40. The van der Waals surface area contributed by atoms with Gasteiger partial charge in [-0.1, -0.05) is 23.7 Å². The summed E-state index contributed by atoms with van der Waals surface area (Å²) in [7, 11) is 0. The van der Waals surface area contributed by atoms with Gasteiger partial charge >= 0.3 is 0 Å². The Labute approximate surface area is 116 Å². The number of ether oxygens (including phenoxy) is 1. The molecule has 0 fully saturated rings. The maximum atomic E-state index is 13.1. The van der Waals surface area contributed by atoms with Crippen molar-refractivity contribution in [3.63, 3.8) is 0 Å². The lowest BCUT2D eigenvalue weighted by molar-refractivity contribution is 0.111. The highest BCUT2D eigenvalue weighted by Crippen LogP contribution is 2.29. The maximum absolute atomic E-state index is 13.1. The SMILES string of the molecule is Fc1ccc(Nc2cccc3c2COCC3)cc1Cl. The van der Waals surface area contributed by atoms with Gasteiger partial charge in [0.05, 0.1) is 18.2 Å². The van der Waals surface area contributed by atoms with E-state index in [0.717, 1.165) is 30.0 Å². The number of benzene rings is 2. The number of fused-ring (bicyclic) bond motifs is 1. The van der Waals surface area contributed by atoms with Crippen molar-refractivity contribution < 1.29 is 9.13 Å². The first-order chi connectivity index (χ1) is 9.24. The quantitative estimate of drug-likeness (QED) is 0.884. The molecule has 98 valence electrons. The first-order valence-corrected chi connectivity index (χ1v) is 6.52. The lowest BCUT2D eigenvalue weighted by atomic mass is 10.0. The van der Waals surface area contributed by atoms with Crippen molar-refractivity contribution in [1.82, 2.24) is 0 Å². The van der Waals surface area contributed by atoms with Crippen LogP contribution in [0.2, 0.25) is 5.02 Å². The Morgan fingerprint density at radius 1 is 1.21 bits per heavy atom. The average Bonchev–Trinajstić information content (AvgIpc) is 2.43. The highest BCUT2D eigenvalue weighted by molar-refractivity contribution is 6.31. The highest BCUT2D eigenvalue weighted by atomic mass is 35.5. The summed E-state index contributed by atoms with van der Waals surface area (Å²) in [5.74, 6) is -0.411. The highest BCUT2D eigenvalue weighted by Gasteiger charge is 2.13. The Morgan fingerprint density at radius 2 is 2.11 bits per heavy atom. The molecule has 0 saturated carbocycles. The van der Waals surface area contributed by atoms with Gasteiger partial charge in [-0.2, -0.15) is 0 Å². The molecule has 4 heteroatoms. The summed E-state index contributed by atoms with van der Waals surface area (Å²) in [4.78, 5) is 0. The van der Waals surface area contributed by atoms with Crippen LogP contribution in [0.25, 0.3) is 0 Å². The topological polar surface area (TPSA) is 21.3 Å². The van der Waals surface area contributed by atoms with Crippen molar-refractivity contribution in [2.75, 3.05) is 11.9 Å². The predicted octanol–water partition coefficient (Wildman–Crippen LogP) is 4.30. The van der Waals surface area contributed by atoms with Crippen molar-refractivity contribution in [3.05, 3.63) is 58.4 Å². The van der Waals surface area contributed by atoms with Crippen LogP contribution in [0.3, 0.4) is 0 Å². The van der Waals surface area contributed by atoms with Crippen LogP contribution in [-0.4, -0.2) is 6.61 Å². The normalized spacial score (nSPS) is 14.0. The molecule has 0 aliphatic carbocycles. The molecule has 2 aromatic rings. The summed E-state index contributed by atoms with van der Waals surface area (Å²) >= 11 is 5.78. The minimum absolute atomic E-state index is 0.117. The van der Waals surface area contributed by atoms with Crippen LogP contribution in [0, 0.1) is 5.82 Å². The van der Waals surface area contributed by atoms with E-state index >= 15 is 0 Å². The second-order valence-electron chi connectivity index (χ2n) is 4.50. The van der Waals surface area contributed by atoms with Crippen LogP contribution in [0.4, 0.5) is 15.8 Å². The zero-order chi connectivity index (χ0) is 13.2. The Morgan fingerprint density at radius 3 is 2.95 bits per heavy atom. The molecular weight excluding hydrogens is 265 g/mol.